The molecule has 3 aromatic rings. The summed E-state index contributed by atoms with van der Waals surface area (Å²) >= 11 is 3.40. The Morgan fingerprint density at radius 3 is 2.52 bits per heavy atom. The fraction of sp³-hybridized carbons (Fsp3) is 0.0625. The van der Waals surface area contributed by atoms with Gasteiger partial charge in [0, 0.05) is 23.0 Å². The first-order chi connectivity index (χ1) is 11.1. The standard InChI is InChI=1S/C16H11BrN2O4/c17-14-12-3-1-2-4-13(12)18-15(14)16(20)23-9-10-5-7-11(8-6-10)19(21)22/h1-8,18H,9H2. The van der Waals surface area contributed by atoms with Crippen LogP contribution in [0.4, 0.5) is 5.69 Å². The average molecular weight is 375 g/mol. The van der Waals surface area contributed by atoms with Gasteiger partial charge in [-0.1, -0.05) is 18.2 Å². The number of hydrogen-bond donors (Lipinski definition) is 1. The van der Waals surface area contributed by atoms with Gasteiger partial charge in [-0.15, -0.1) is 0 Å². The molecule has 7 heteroatoms. The van der Waals surface area contributed by atoms with Gasteiger partial charge >= 0.3 is 5.97 Å². The Balaban J connectivity index is 1.73. The molecule has 23 heavy (non-hydrogen) atoms. The lowest BCUT2D eigenvalue weighted by atomic mass is 10.2. The Labute approximate surface area is 139 Å². The van der Waals surface area contributed by atoms with Crippen LogP contribution >= 0.6 is 15.9 Å². The van der Waals surface area contributed by atoms with E-state index in [9.17, 15) is 14.9 Å². The molecule has 0 fully saturated rings. The highest BCUT2D eigenvalue weighted by Crippen LogP contribution is 2.28. The molecule has 0 saturated heterocycles. The van der Waals surface area contributed by atoms with E-state index in [4.69, 9.17) is 4.74 Å². The SMILES string of the molecule is O=C(OCc1ccc([N+](=O)[O-])cc1)c1[nH]c2ccccc2c1Br. The number of para-hydroxylation sites is 1. The summed E-state index contributed by atoms with van der Waals surface area (Å²) in [6.45, 7) is 0.0403. The van der Waals surface area contributed by atoms with Crippen LogP contribution in [-0.4, -0.2) is 15.9 Å². The summed E-state index contributed by atoms with van der Waals surface area (Å²) in [5, 5.41) is 11.5. The molecule has 0 amide bonds. The van der Waals surface area contributed by atoms with Crippen LogP contribution in [0, 0.1) is 10.1 Å². The summed E-state index contributed by atoms with van der Waals surface area (Å²) in [7, 11) is 0. The van der Waals surface area contributed by atoms with Gasteiger partial charge in [-0.2, -0.15) is 0 Å². The highest BCUT2D eigenvalue weighted by atomic mass is 79.9. The van der Waals surface area contributed by atoms with E-state index in [1.807, 2.05) is 24.3 Å². The van der Waals surface area contributed by atoms with Crippen molar-refractivity contribution in [2.24, 2.45) is 0 Å². The third kappa shape index (κ3) is 3.09. The molecule has 1 N–H and O–H groups in total. The molecule has 2 aromatic carbocycles. The summed E-state index contributed by atoms with van der Waals surface area (Å²) < 4.78 is 5.91. The van der Waals surface area contributed by atoms with Crippen LogP contribution in [0.5, 0.6) is 0 Å². The van der Waals surface area contributed by atoms with Crippen LogP contribution in [0.25, 0.3) is 10.9 Å². The highest BCUT2D eigenvalue weighted by molar-refractivity contribution is 9.10. The Hall–Kier alpha value is -2.67. The van der Waals surface area contributed by atoms with Crippen molar-refractivity contribution >= 4 is 38.5 Å². The van der Waals surface area contributed by atoms with E-state index in [-0.39, 0.29) is 12.3 Å². The Morgan fingerprint density at radius 1 is 1.17 bits per heavy atom. The molecule has 0 aliphatic heterocycles. The minimum atomic E-state index is -0.494. The van der Waals surface area contributed by atoms with E-state index >= 15 is 0 Å². The number of esters is 1. The third-order valence-corrected chi connectivity index (χ3v) is 4.19. The number of halogens is 1. The molecule has 3 rings (SSSR count). The van der Waals surface area contributed by atoms with E-state index in [1.54, 1.807) is 12.1 Å². The zero-order chi connectivity index (χ0) is 16.4. The molecular weight excluding hydrogens is 364 g/mol. The number of hydrogen-bond acceptors (Lipinski definition) is 4. The van der Waals surface area contributed by atoms with Gasteiger partial charge in [-0.3, -0.25) is 10.1 Å². The first-order valence-electron chi connectivity index (χ1n) is 6.73. The van der Waals surface area contributed by atoms with Gasteiger partial charge in [-0.25, -0.2) is 4.79 Å². The quantitative estimate of drug-likeness (QED) is 0.421. The molecule has 0 bridgehead atoms. The van der Waals surface area contributed by atoms with Crippen molar-refractivity contribution in [1.29, 1.82) is 0 Å². The molecule has 1 aromatic heterocycles. The second kappa shape index (κ2) is 6.21. The molecule has 1 heterocycles. The Bertz CT molecular complexity index is 887. The molecule has 116 valence electrons. The zero-order valence-electron chi connectivity index (χ0n) is 11.8. The molecule has 0 saturated carbocycles. The Kier molecular flexibility index (Phi) is 4.12. The molecule has 0 unspecified atom stereocenters. The van der Waals surface area contributed by atoms with E-state index < -0.39 is 10.9 Å². The lowest BCUT2D eigenvalue weighted by Gasteiger charge is -2.04. The van der Waals surface area contributed by atoms with Crippen LogP contribution in [-0.2, 0) is 11.3 Å². The minimum Gasteiger partial charge on any atom is -0.456 e. The molecule has 0 spiro atoms. The van der Waals surface area contributed by atoms with Gasteiger partial charge in [0.2, 0.25) is 0 Å². The smallest absolute Gasteiger partial charge is 0.356 e. The third-order valence-electron chi connectivity index (χ3n) is 3.36. The number of nitro benzene ring substituents is 1. The van der Waals surface area contributed by atoms with Crippen LogP contribution < -0.4 is 0 Å². The number of aromatic amines is 1. The van der Waals surface area contributed by atoms with Gasteiger partial charge in [0.25, 0.3) is 5.69 Å². The van der Waals surface area contributed by atoms with Gasteiger partial charge < -0.3 is 9.72 Å². The van der Waals surface area contributed by atoms with Crippen molar-refractivity contribution in [2.45, 2.75) is 6.61 Å². The van der Waals surface area contributed by atoms with E-state index in [2.05, 4.69) is 20.9 Å². The molecule has 0 aliphatic carbocycles. The second-order valence-corrected chi connectivity index (χ2v) is 5.65. The number of rotatable bonds is 4. The van der Waals surface area contributed by atoms with Gasteiger partial charge in [-0.05, 0) is 39.7 Å². The highest BCUT2D eigenvalue weighted by Gasteiger charge is 2.17. The topological polar surface area (TPSA) is 85.2 Å². The van der Waals surface area contributed by atoms with Gasteiger partial charge in [0.15, 0.2) is 0 Å². The number of ether oxygens (including phenoxy) is 1. The molecule has 0 aliphatic rings. The van der Waals surface area contributed by atoms with Crippen LogP contribution in [0.3, 0.4) is 0 Å². The number of benzene rings is 2. The van der Waals surface area contributed by atoms with Crippen molar-refractivity contribution in [1.82, 2.24) is 4.98 Å². The van der Waals surface area contributed by atoms with Crippen LogP contribution in [0.2, 0.25) is 0 Å². The number of aromatic nitrogens is 1. The number of carbonyl (C=O) groups is 1. The number of nitro groups is 1. The number of nitrogens with one attached hydrogen (secondary N) is 1. The number of H-pyrrole nitrogens is 1. The van der Waals surface area contributed by atoms with Crippen molar-refractivity contribution in [2.75, 3.05) is 0 Å². The van der Waals surface area contributed by atoms with Crippen molar-refractivity contribution in [3.8, 4) is 0 Å². The summed E-state index contributed by atoms with van der Waals surface area (Å²) in [4.78, 5) is 25.3. The normalized spacial score (nSPS) is 10.7. The van der Waals surface area contributed by atoms with E-state index in [0.717, 1.165) is 10.9 Å². The lowest BCUT2D eigenvalue weighted by molar-refractivity contribution is -0.384. The summed E-state index contributed by atoms with van der Waals surface area (Å²) in [6.07, 6.45) is 0. The minimum absolute atomic E-state index is 0.00145. The molecule has 0 radical (unpaired) electrons. The number of fused-ring (bicyclic) bond motifs is 1. The summed E-state index contributed by atoms with van der Waals surface area (Å²) in [6, 6.07) is 13.4. The monoisotopic (exact) mass is 374 g/mol. The maximum atomic E-state index is 12.2. The largest absolute Gasteiger partial charge is 0.456 e. The van der Waals surface area contributed by atoms with Gasteiger partial charge in [0.1, 0.15) is 12.3 Å². The number of nitrogens with zero attached hydrogens (tertiary/aromatic N) is 1. The Morgan fingerprint density at radius 2 is 1.87 bits per heavy atom. The van der Waals surface area contributed by atoms with Crippen LogP contribution in [0.15, 0.2) is 53.0 Å². The first kappa shape index (κ1) is 15.2. The predicted octanol–water partition coefficient (Wildman–Crippen LogP) is 4.20. The van der Waals surface area contributed by atoms with Crippen molar-refractivity contribution < 1.29 is 14.5 Å². The summed E-state index contributed by atoms with van der Waals surface area (Å²) in [5.74, 6) is -0.494. The predicted molar refractivity (Wildman–Crippen MR) is 88.2 cm³/mol. The van der Waals surface area contributed by atoms with E-state index in [0.29, 0.717) is 15.7 Å². The average Bonchev–Trinajstić information content (AvgIpc) is 2.90. The number of non-ortho nitro benzene ring substituents is 1. The fourth-order valence-electron chi connectivity index (χ4n) is 2.18. The molecular formula is C16H11BrN2O4. The van der Waals surface area contributed by atoms with Crippen molar-refractivity contribution in [3.05, 3.63) is 74.4 Å². The summed E-state index contributed by atoms with van der Waals surface area (Å²) in [5.41, 5.74) is 1.85. The number of carbonyl (C=O) groups excluding carboxylic acids is 1. The first-order valence-corrected chi connectivity index (χ1v) is 7.52. The zero-order valence-corrected chi connectivity index (χ0v) is 13.4. The van der Waals surface area contributed by atoms with E-state index in [1.165, 1.54) is 12.1 Å². The second-order valence-electron chi connectivity index (χ2n) is 4.86. The van der Waals surface area contributed by atoms with Gasteiger partial charge in [0.05, 0.1) is 9.40 Å². The molecule has 0 atom stereocenters. The lowest BCUT2D eigenvalue weighted by Crippen LogP contribution is -2.06. The van der Waals surface area contributed by atoms with Crippen molar-refractivity contribution in [3.63, 3.8) is 0 Å². The molecule has 6 nitrogen and oxygen atoms in total. The maximum Gasteiger partial charge on any atom is 0.356 e. The van der Waals surface area contributed by atoms with Crippen LogP contribution in [0.1, 0.15) is 16.1 Å². The maximum absolute atomic E-state index is 12.2. The fourth-order valence-corrected chi connectivity index (χ4v) is 2.79.